The molecule has 0 fully saturated rings. The second-order valence-electron chi connectivity index (χ2n) is 5.11. The number of hydrogen-bond donors (Lipinski definition) is 0. The predicted molar refractivity (Wildman–Crippen MR) is 74.4 cm³/mol. The molecule has 1 aromatic heterocycles. The zero-order valence-corrected chi connectivity index (χ0v) is 13.6. The molecule has 0 radical (unpaired) electrons. The number of nitrogens with zero attached hydrogens (tertiary/aromatic N) is 4. The van der Waals surface area contributed by atoms with Crippen molar-refractivity contribution in [1.82, 2.24) is 13.3 Å². The molecule has 1 heterocycles. The van der Waals surface area contributed by atoms with Gasteiger partial charge >= 0.3 is 22.6 Å². The summed E-state index contributed by atoms with van der Waals surface area (Å²) in [5, 5.41) is 11.0. The lowest BCUT2D eigenvalue weighted by atomic mass is 10.1. The van der Waals surface area contributed by atoms with E-state index in [0.29, 0.717) is 4.31 Å². The molecule has 0 amide bonds. The van der Waals surface area contributed by atoms with Crippen LogP contribution in [0.2, 0.25) is 0 Å². The highest BCUT2D eigenvalue weighted by molar-refractivity contribution is 7.87. The Morgan fingerprint density at radius 2 is 1.65 bits per heavy atom. The molecule has 0 bridgehead atoms. The third-order valence-electron chi connectivity index (χ3n) is 3.17. The van der Waals surface area contributed by atoms with Crippen molar-refractivity contribution < 1.29 is 39.7 Å². The van der Waals surface area contributed by atoms with Gasteiger partial charge in [0, 0.05) is 20.2 Å². The molecule has 1 aromatic carbocycles. The molecular weight excluding hydrogens is 398 g/mol. The average Bonchev–Trinajstić information content (AvgIpc) is 2.84. The lowest BCUT2D eigenvalue weighted by Gasteiger charge is -2.16. The number of halogens is 6. The third kappa shape index (κ3) is 3.18. The second kappa shape index (κ2) is 5.80. The average molecular weight is 406 g/mol. The standard InChI is InChI=1S/C11H8F6N4O4S/c1-19(2)26(24,25)20-6-3-5(10(12,13)14)4-7(21(22)23)8(6)18-9(20)11(15,16)17/h3-4H,1-2H3. The van der Waals surface area contributed by atoms with E-state index in [0.717, 1.165) is 14.1 Å². The first kappa shape index (κ1) is 19.9. The number of rotatable bonds is 3. The summed E-state index contributed by atoms with van der Waals surface area (Å²) in [5.74, 6) is -2.11. The summed E-state index contributed by atoms with van der Waals surface area (Å²) in [6, 6.07) is 0.0493. The molecule has 0 unspecified atom stereocenters. The minimum atomic E-state index is -5.41. The van der Waals surface area contributed by atoms with Crippen LogP contribution in [0.15, 0.2) is 12.1 Å². The zero-order chi connectivity index (χ0) is 20.2. The van der Waals surface area contributed by atoms with Crippen LogP contribution < -0.4 is 0 Å². The lowest BCUT2D eigenvalue weighted by molar-refractivity contribution is -0.383. The molecule has 144 valence electrons. The molecule has 0 aliphatic heterocycles. The molecule has 0 aliphatic carbocycles. The number of non-ortho nitro benzene ring substituents is 1. The number of imidazole rings is 1. The van der Waals surface area contributed by atoms with Gasteiger partial charge in [-0.05, 0) is 6.07 Å². The summed E-state index contributed by atoms with van der Waals surface area (Å²) in [5.41, 5.74) is -5.46. The Hall–Kier alpha value is -2.42. The van der Waals surface area contributed by atoms with Crippen LogP contribution in [-0.2, 0) is 22.6 Å². The minimum absolute atomic E-state index is 0.0118. The van der Waals surface area contributed by atoms with E-state index in [4.69, 9.17) is 0 Å². The number of fused-ring (bicyclic) bond motifs is 1. The van der Waals surface area contributed by atoms with E-state index in [1.165, 1.54) is 0 Å². The fourth-order valence-electron chi connectivity index (χ4n) is 2.02. The van der Waals surface area contributed by atoms with Gasteiger partial charge < -0.3 is 0 Å². The van der Waals surface area contributed by atoms with Crippen molar-refractivity contribution in [2.45, 2.75) is 12.4 Å². The second-order valence-corrected chi connectivity index (χ2v) is 7.10. The molecule has 15 heteroatoms. The number of nitro benzene ring substituents is 1. The Labute approximate surface area is 141 Å². The number of benzene rings is 1. The summed E-state index contributed by atoms with van der Waals surface area (Å²) < 4.78 is 103. The van der Waals surface area contributed by atoms with Gasteiger partial charge in [-0.1, -0.05) is 0 Å². The normalized spacial score (nSPS) is 13.6. The van der Waals surface area contributed by atoms with Gasteiger partial charge in [0.15, 0.2) is 5.52 Å². The SMILES string of the molecule is CN(C)S(=O)(=O)n1c(C(F)(F)F)nc2c([N+](=O)[O-])cc(C(F)(F)F)cc21. The highest BCUT2D eigenvalue weighted by Crippen LogP contribution is 2.40. The van der Waals surface area contributed by atoms with Gasteiger partial charge in [0.2, 0.25) is 5.82 Å². The maximum atomic E-state index is 13.2. The molecule has 0 spiro atoms. The van der Waals surface area contributed by atoms with E-state index in [-0.39, 0.29) is 12.1 Å². The van der Waals surface area contributed by atoms with E-state index < -0.39 is 59.6 Å². The Morgan fingerprint density at radius 3 is 2.04 bits per heavy atom. The number of hydrogen-bond acceptors (Lipinski definition) is 5. The van der Waals surface area contributed by atoms with Crippen LogP contribution in [0.1, 0.15) is 11.4 Å². The van der Waals surface area contributed by atoms with Crippen molar-refractivity contribution in [3.05, 3.63) is 33.6 Å². The number of nitro groups is 1. The summed E-state index contributed by atoms with van der Waals surface area (Å²) in [6.45, 7) is 0. The van der Waals surface area contributed by atoms with Crippen LogP contribution in [0.3, 0.4) is 0 Å². The van der Waals surface area contributed by atoms with E-state index in [2.05, 4.69) is 4.98 Å². The largest absolute Gasteiger partial charge is 0.450 e. The molecule has 2 rings (SSSR count). The van der Waals surface area contributed by atoms with Crippen molar-refractivity contribution >= 4 is 26.9 Å². The van der Waals surface area contributed by atoms with Crippen molar-refractivity contribution in [3.8, 4) is 0 Å². The fraction of sp³-hybridized carbons (Fsp3) is 0.364. The lowest BCUT2D eigenvalue weighted by Crippen LogP contribution is -2.32. The highest BCUT2D eigenvalue weighted by Gasteiger charge is 2.44. The Kier molecular flexibility index (Phi) is 4.44. The Bertz CT molecular complexity index is 993. The van der Waals surface area contributed by atoms with Gasteiger partial charge in [-0.15, -0.1) is 0 Å². The predicted octanol–water partition coefficient (Wildman–Crippen LogP) is 2.64. The molecule has 0 aliphatic rings. The van der Waals surface area contributed by atoms with E-state index in [9.17, 15) is 44.9 Å². The van der Waals surface area contributed by atoms with E-state index >= 15 is 0 Å². The van der Waals surface area contributed by atoms with Crippen LogP contribution in [0.25, 0.3) is 11.0 Å². The molecule has 2 aromatic rings. The van der Waals surface area contributed by atoms with E-state index in [1.54, 1.807) is 0 Å². The first-order valence-corrected chi connectivity index (χ1v) is 7.76. The van der Waals surface area contributed by atoms with Crippen LogP contribution in [0, 0.1) is 10.1 Å². The fourth-order valence-corrected chi connectivity index (χ4v) is 3.09. The van der Waals surface area contributed by atoms with Crippen LogP contribution in [-0.4, -0.2) is 40.7 Å². The van der Waals surface area contributed by atoms with Gasteiger partial charge in [-0.3, -0.25) is 10.1 Å². The number of alkyl halides is 6. The number of aromatic nitrogens is 2. The van der Waals surface area contributed by atoms with Crippen molar-refractivity contribution in [1.29, 1.82) is 0 Å². The molecule has 8 nitrogen and oxygen atoms in total. The zero-order valence-electron chi connectivity index (χ0n) is 12.8. The molecule has 0 atom stereocenters. The Morgan fingerprint density at radius 1 is 1.12 bits per heavy atom. The quantitative estimate of drug-likeness (QED) is 0.443. The third-order valence-corrected chi connectivity index (χ3v) is 4.92. The summed E-state index contributed by atoms with van der Waals surface area (Å²) >= 11 is 0. The summed E-state index contributed by atoms with van der Waals surface area (Å²) in [4.78, 5) is 12.5. The topological polar surface area (TPSA) is 98.3 Å². The monoisotopic (exact) mass is 406 g/mol. The minimum Gasteiger partial charge on any atom is -0.258 e. The van der Waals surface area contributed by atoms with Gasteiger partial charge in [-0.25, -0.2) is 8.96 Å². The van der Waals surface area contributed by atoms with E-state index in [1.807, 2.05) is 0 Å². The first-order valence-electron chi connectivity index (χ1n) is 6.36. The van der Waals surface area contributed by atoms with Gasteiger partial charge in [-0.2, -0.15) is 39.1 Å². The van der Waals surface area contributed by atoms with Crippen molar-refractivity contribution in [2.75, 3.05) is 14.1 Å². The highest BCUT2D eigenvalue weighted by atomic mass is 32.2. The van der Waals surface area contributed by atoms with Crippen molar-refractivity contribution in [3.63, 3.8) is 0 Å². The van der Waals surface area contributed by atoms with Crippen LogP contribution >= 0.6 is 0 Å². The first-order chi connectivity index (χ1) is 11.6. The Balaban J connectivity index is 3.13. The summed E-state index contributed by atoms with van der Waals surface area (Å²) in [6.07, 6.45) is -10.6. The molecule has 26 heavy (non-hydrogen) atoms. The maximum absolute atomic E-state index is 13.2. The van der Waals surface area contributed by atoms with Gasteiger partial charge in [0.1, 0.15) is 0 Å². The van der Waals surface area contributed by atoms with Gasteiger partial charge in [0.05, 0.1) is 16.0 Å². The van der Waals surface area contributed by atoms with Crippen molar-refractivity contribution in [2.24, 2.45) is 0 Å². The smallest absolute Gasteiger partial charge is 0.258 e. The van der Waals surface area contributed by atoms with Crippen LogP contribution in [0.5, 0.6) is 0 Å². The molecule has 0 saturated heterocycles. The van der Waals surface area contributed by atoms with Crippen LogP contribution in [0.4, 0.5) is 32.0 Å². The molecule has 0 saturated carbocycles. The molecular formula is C11H8F6N4O4S. The summed E-state index contributed by atoms with van der Waals surface area (Å²) in [7, 11) is -3.33. The molecule has 0 N–H and O–H groups in total. The maximum Gasteiger partial charge on any atom is 0.450 e. The van der Waals surface area contributed by atoms with Gasteiger partial charge in [0.25, 0.3) is 5.69 Å².